The highest BCUT2D eigenvalue weighted by atomic mass is 16.3. The van der Waals surface area contributed by atoms with Crippen LogP contribution in [0.1, 0.15) is 33.4 Å². The van der Waals surface area contributed by atoms with E-state index in [1.54, 1.807) is 0 Å². The number of aryl methyl sites for hydroxylation is 6. The number of benzene rings is 12. The smallest absolute Gasteiger partial charge is 0.248 e. The molecule has 0 aliphatic carbocycles. The Labute approximate surface area is 440 Å². The molecule has 76 heavy (non-hydrogen) atoms. The first-order valence-corrected chi connectivity index (χ1v) is 26.8. The van der Waals surface area contributed by atoms with Crippen molar-refractivity contribution < 1.29 is 8.83 Å². The molecule has 3 aliphatic heterocycles. The third-order valence-corrected chi connectivity index (χ3v) is 17.7. The van der Waals surface area contributed by atoms with Crippen molar-refractivity contribution in [2.45, 2.75) is 41.5 Å². The molecule has 0 bridgehead atoms. The molecule has 14 aromatic rings. The average molecular weight is 971 g/mol. The second kappa shape index (κ2) is 14.9. The van der Waals surface area contributed by atoms with Crippen molar-refractivity contribution in [1.82, 2.24) is 0 Å². The number of nitrogens with zero attached hydrogens (tertiary/aromatic N) is 2. The van der Waals surface area contributed by atoms with Crippen LogP contribution < -0.4 is 42.6 Å². The van der Waals surface area contributed by atoms with E-state index in [0.29, 0.717) is 0 Å². The van der Waals surface area contributed by atoms with Gasteiger partial charge in [0.2, 0.25) is 13.4 Å². The zero-order chi connectivity index (χ0) is 50.6. The quantitative estimate of drug-likeness (QED) is 0.162. The fourth-order valence-electron chi connectivity index (χ4n) is 15.0. The van der Waals surface area contributed by atoms with E-state index in [1.807, 2.05) is 0 Å². The molecule has 12 aromatic carbocycles. The van der Waals surface area contributed by atoms with Crippen LogP contribution in [0.25, 0.3) is 87.0 Å². The van der Waals surface area contributed by atoms with E-state index < -0.39 is 0 Å². The molecular weight excluding hydrogens is 922 g/mol. The summed E-state index contributed by atoms with van der Waals surface area (Å²) < 4.78 is 14.9. The summed E-state index contributed by atoms with van der Waals surface area (Å²) in [6.45, 7) is 13.5. The fraction of sp³-hybridized carbons (Fsp3) is 0.0857. The van der Waals surface area contributed by atoms with Crippen LogP contribution in [0.5, 0.6) is 0 Å². The van der Waals surface area contributed by atoms with Gasteiger partial charge in [0.25, 0.3) is 0 Å². The fourth-order valence-corrected chi connectivity index (χ4v) is 15.0. The van der Waals surface area contributed by atoms with Crippen LogP contribution >= 0.6 is 0 Å². The number of anilines is 6. The number of hydrogen-bond donors (Lipinski definition) is 0. The summed E-state index contributed by atoms with van der Waals surface area (Å²) in [6.07, 6.45) is 0. The molecule has 5 heterocycles. The van der Waals surface area contributed by atoms with Crippen LogP contribution in [0.2, 0.25) is 0 Å². The predicted molar refractivity (Wildman–Crippen MR) is 325 cm³/mol. The van der Waals surface area contributed by atoms with Crippen molar-refractivity contribution in [3.8, 4) is 0 Å². The molecule has 0 amide bonds. The highest BCUT2D eigenvalue weighted by Crippen LogP contribution is 2.59. The summed E-state index contributed by atoms with van der Waals surface area (Å²) in [6, 6.07) is 68.7. The largest absolute Gasteiger partial charge is 0.454 e. The molecule has 6 heteroatoms. The van der Waals surface area contributed by atoms with Crippen LogP contribution in [0.4, 0.5) is 34.1 Å². The standard InChI is InChI=1S/C70H48B2N2O2/c1-37-27-39(3)61(40(4)28-37)71-55-25-23-51-53-31-43-15-7-9-17-45(43)35-59(53)75-69(51)65(55)73-58-34-48-20-12-14-22-50(48)64-68(58)74(57-33-47-19-11-13-21-49(47)63(71)67(57)73)66-56(72(64)62-41(5)29-38(2)30-42(62)6)26-24-52-54-32-44-16-8-10-18-46(44)36-60(54)76-70(52)66/h7-36H,1-6H3. The van der Waals surface area contributed by atoms with Crippen molar-refractivity contribution in [1.29, 1.82) is 0 Å². The van der Waals surface area contributed by atoms with Crippen LogP contribution in [-0.4, -0.2) is 13.4 Å². The van der Waals surface area contributed by atoms with Crippen molar-refractivity contribution in [2.75, 3.05) is 9.80 Å². The number of furan rings is 2. The third-order valence-electron chi connectivity index (χ3n) is 17.7. The van der Waals surface area contributed by atoms with Crippen LogP contribution in [0.15, 0.2) is 191 Å². The van der Waals surface area contributed by atoms with Crippen molar-refractivity contribution in [3.63, 3.8) is 0 Å². The lowest BCUT2D eigenvalue weighted by molar-refractivity contribution is 0.669. The summed E-state index contributed by atoms with van der Waals surface area (Å²) in [4.78, 5) is 5.30. The maximum Gasteiger partial charge on any atom is 0.248 e. The summed E-state index contributed by atoms with van der Waals surface area (Å²) in [5.74, 6) is 0. The van der Waals surface area contributed by atoms with Gasteiger partial charge in [0.1, 0.15) is 11.2 Å². The summed E-state index contributed by atoms with van der Waals surface area (Å²) in [5, 5.41) is 14.1. The maximum atomic E-state index is 7.46. The lowest BCUT2D eigenvalue weighted by Crippen LogP contribution is -2.62. The lowest BCUT2D eigenvalue weighted by Gasteiger charge is -2.49. The molecule has 4 nitrogen and oxygen atoms in total. The van der Waals surface area contributed by atoms with Gasteiger partial charge in [-0.3, -0.25) is 0 Å². The Hall–Kier alpha value is -8.99. The molecule has 0 saturated heterocycles. The van der Waals surface area contributed by atoms with Gasteiger partial charge in [-0.25, -0.2) is 0 Å². The molecule has 356 valence electrons. The van der Waals surface area contributed by atoms with Gasteiger partial charge in [-0.2, -0.15) is 0 Å². The Balaban J connectivity index is 1.10. The maximum absolute atomic E-state index is 7.46. The van der Waals surface area contributed by atoms with Crippen LogP contribution in [-0.2, 0) is 0 Å². The zero-order valence-corrected chi connectivity index (χ0v) is 43.2. The number of hydrogen-bond acceptors (Lipinski definition) is 4. The van der Waals surface area contributed by atoms with E-state index in [1.165, 1.54) is 121 Å². The minimum absolute atomic E-state index is 0.130. The Morgan fingerprint density at radius 1 is 0.303 bits per heavy atom. The topological polar surface area (TPSA) is 32.8 Å². The number of rotatable bonds is 2. The third kappa shape index (κ3) is 5.45. The number of fused-ring (bicyclic) bond motifs is 20. The van der Waals surface area contributed by atoms with E-state index in [4.69, 9.17) is 8.83 Å². The molecule has 0 atom stereocenters. The van der Waals surface area contributed by atoms with Crippen molar-refractivity contribution >= 4 is 167 Å². The predicted octanol–water partition coefficient (Wildman–Crippen LogP) is 14.9. The van der Waals surface area contributed by atoms with Gasteiger partial charge >= 0.3 is 0 Å². The monoisotopic (exact) mass is 970 g/mol. The molecule has 3 aliphatic rings. The molecule has 0 N–H and O–H groups in total. The summed E-state index contributed by atoms with van der Waals surface area (Å²) in [7, 11) is 0. The second-order valence-electron chi connectivity index (χ2n) is 22.3. The van der Waals surface area contributed by atoms with E-state index in [9.17, 15) is 0 Å². The molecule has 0 unspecified atom stereocenters. The molecular formula is C70H48B2N2O2. The molecule has 0 saturated carbocycles. The summed E-state index contributed by atoms with van der Waals surface area (Å²) in [5.41, 5.74) is 25.8. The normalized spacial score (nSPS) is 13.6. The highest BCUT2D eigenvalue weighted by Gasteiger charge is 2.50. The SMILES string of the molecule is Cc1cc(C)c(B2c3ccc4c(oc5cc6ccccc6cc54)c3N3c4cc5ccccc5c5c4N(c4cc6ccccc6c2c43)c2c(ccc3c2oc2cc4ccccc4cc23)B5c2c(C)cc(C)cc2C)c(C)c1. The summed E-state index contributed by atoms with van der Waals surface area (Å²) >= 11 is 0. The molecule has 0 fully saturated rings. The van der Waals surface area contributed by atoms with E-state index in [2.05, 4.69) is 233 Å². The molecule has 2 aromatic heterocycles. The van der Waals surface area contributed by atoms with Gasteiger partial charge in [0.15, 0.2) is 11.2 Å². The van der Waals surface area contributed by atoms with Crippen LogP contribution in [0.3, 0.4) is 0 Å². The first kappa shape index (κ1) is 42.4. The molecule has 17 rings (SSSR count). The van der Waals surface area contributed by atoms with Gasteiger partial charge in [0, 0.05) is 21.5 Å². The van der Waals surface area contributed by atoms with Gasteiger partial charge in [-0.1, -0.05) is 190 Å². The zero-order valence-electron chi connectivity index (χ0n) is 43.2. The first-order valence-electron chi connectivity index (χ1n) is 26.8. The van der Waals surface area contributed by atoms with Crippen molar-refractivity contribution in [2.24, 2.45) is 0 Å². The second-order valence-corrected chi connectivity index (χ2v) is 22.3. The van der Waals surface area contributed by atoms with E-state index in [0.717, 1.165) is 66.6 Å². The lowest BCUT2D eigenvalue weighted by atomic mass is 9.32. The average Bonchev–Trinajstić information content (AvgIpc) is 4.01. The van der Waals surface area contributed by atoms with Gasteiger partial charge in [-0.15, -0.1) is 0 Å². The first-order chi connectivity index (χ1) is 37.2. The van der Waals surface area contributed by atoms with Gasteiger partial charge in [0.05, 0.1) is 34.1 Å². The Morgan fingerprint density at radius 2 is 0.658 bits per heavy atom. The Morgan fingerprint density at radius 3 is 1.05 bits per heavy atom. The Kier molecular flexibility index (Phi) is 8.29. The minimum atomic E-state index is -0.130. The van der Waals surface area contributed by atoms with Crippen molar-refractivity contribution in [3.05, 3.63) is 215 Å². The van der Waals surface area contributed by atoms with E-state index in [-0.39, 0.29) is 13.4 Å². The van der Waals surface area contributed by atoms with Gasteiger partial charge in [-0.05, 0) is 143 Å². The molecule has 0 spiro atoms. The van der Waals surface area contributed by atoms with Gasteiger partial charge < -0.3 is 18.6 Å². The van der Waals surface area contributed by atoms with E-state index >= 15 is 0 Å². The highest BCUT2D eigenvalue weighted by molar-refractivity contribution is 7.01. The molecule has 0 radical (unpaired) electrons. The Bertz CT molecular complexity index is 4640. The minimum Gasteiger partial charge on any atom is -0.454 e. The van der Waals surface area contributed by atoms with Crippen LogP contribution in [0, 0.1) is 41.5 Å².